The predicted molar refractivity (Wildman–Crippen MR) is 71.9 cm³/mol. The van der Waals surface area contributed by atoms with Crippen molar-refractivity contribution in [3.63, 3.8) is 0 Å². The first-order valence-electron chi connectivity index (χ1n) is 6.32. The van der Waals surface area contributed by atoms with Crippen LogP contribution in [0.1, 0.15) is 0 Å². The van der Waals surface area contributed by atoms with Crippen molar-refractivity contribution in [1.29, 1.82) is 0 Å². The molecule has 0 radical (unpaired) electrons. The van der Waals surface area contributed by atoms with Gasteiger partial charge in [-0.05, 0) is 12.1 Å². The van der Waals surface area contributed by atoms with Gasteiger partial charge in [0.05, 0.1) is 0 Å². The first-order valence-corrected chi connectivity index (χ1v) is 7.76. The number of para-hydroxylation sites is 1. The molecule has 0 saturated heterocycles. The van der Waals surface area contributed by atoms with Crippen LogP contribution in [0.15, 0.2) is 35.2 Å². The van der Waals surface area contributed by atoms with Crippen molar-refractivity contribution in [3.05, 3.63) is 30.4 Å². The fourth-order valence-electron chi connectivity index (χ4n) is 2.33. The normalized spacial score (nSPS) is 21.4. The fraction of sp³-hybridized carbons (Fsp3) is 0.308. The molecule has 0 amide bonds. The number of rotatable bonds is 3. The van der Waals surface area contributed by atoms with E-state index in [2.05, 4.69) is 0 Å². The Labute approximate surface area is 121 Å². The summed E-state index contributed by atoms with van der Waals surface area (Å²) in [6.45, 7) is 0.615. The number of carboxylic acids is 1. The average molecular weight is 311 g/mol. The lowest BCUT2D eigenvalue weighted by Crippen LogP contribution is -2.41. The third-order valence-corrected chi connectivity index (χ3v) is 5.15. The first-order chi connectivity index (χ1) is 10.0. The average Bonchev–Trinajstić information content (AvgIpc) is 2.97. The Morgan fingerprint density at radius 1 is 1.29 bits per heavy atom. The van der Waals surface area contributed by atoms with E-state index in [1.807, 2.05) is 0 Å². The number of sulfonamides is 1. The summed E-state index contributed by atoms with van der Waals surface area (Å²) in [6, 6.07) is 3.35. The number of fused-ring (bicyclic) bond motifs is 1. The molecule has 0 spiro atoms. The van der Waals surface area contributed by atoms with Crippen molar-refractivity contribution in [2.45, 2.75) is 10.9 Å². The number of benzene rings is 1. The number of ether oxygens (including phenoxy) is 2. The van der Waals surface area contributed by atoms with Crippen LogP contribution in [0, 0.1) is 0 Å². The molecule has 21 heavy (non-hydrogen) atoms. The molecule has 0 saturated carbocycles. The van der Waals surface area contributed by atoms with Gasteiger partial charge in [-0.3, -0.25) is 4.79 Å². The molecule has 1 unspecified atom stereocenters. The highest BCUT2D eigenvalue weighted by molar-refractivity contribution is 7.89. The van der Waals surface area contributed by atoms with E-state index in [9.17, 15) is 13.2 Å². The van der Waals surface area contributed by atoms with E-state index in [-0.39, 0.29) is 23.8 Å². The van der Waals surface area contributed by atoms with Crippen LogP contribution < -0.4 is 9.47 Å². The van der Waals surface area contributed by atoms with Crippen LogP contribution in [0.4, 0.5) is 0 Å². The van der Waals surface area contributed by atoms with Gasteiger partial charge in [0, 0.05) is 6.54 Å². The Hall–Kier alpha value is -2.06. The monoisotopic (exact) mass is 311 g/mol. The van der Waals surface area contributed by atoms with E-state index in [1.54, 1.807) is 12.1 Å². The quantitative estimate of drug-likeness (QED) is 0.816. The maximum absolute atomic E-state index is 12.7. The summed E-state index contributed by atoms with van der Waals surface area (Å²) in [6.07, 6.45) is 2.87. The van der Waals surface area contributed by atoms with Crippen LogP contribution in [-0.2, 0) is 14.8 Å². The van der Waals surface area contributed by atoms with Crippen LogP contribution in [0.3, 0.4) is 0 Å². The summed E-state index contributed by atoms with van der Waals surface area (Å²) >= 11 is 0. The Kier molecular flexibility index (Phi) is 3.34. The highest BCUT2D eigenvalue weighted by atomic mass is 32.2. The standard InChI is InChI=1S/C13H13NO6S/c15-13(16)9-3-2-6-14(9)21(17,18)11-5-1-4-10-12(11)20-8-7-19-10/h1-5,9H,6-8H2,(H,15,16). The Balaban J connectivity index is 2.05. The summed E-state index contributed by atoms with van der Waals surface area (Å²) < 4.78 is 37.1. The lowest BCUT2D eigenvalue weighted by atomic mass is 10.3. The van der Waals surface area contributed by atoms with Crippen molar-refractivity contribution in [1.82, 2.24) is 4.31 Å². The highest BCUT2D eigenvalue weighted by Crippen LogP contribution is 2.38. The van der Waals surface area contributed by atoms with E-state index < -0.39 is 22.0 Å². The van der Waals surface area contributed by atoms with Gasteiger partial charge < -0.3 is 14.6 Å². The Morgan fingerprint density at radius 3 is 2.81 bits per heavy atom. The van der Waals surface area contributed by atoms with Crippen molar-refractivity contribution in [2.24, 2.45) is 0 Å². The molecule has 0 bridgehead atoms. The number of aliphatic carboxylic acids is 1. The van der Waals surface area contributed by atoms with Gasteiger partial charge in [0.25, 0.3) is 0 Å². The number of carbonyl (C=O) groups is 1. The molecule has 3 rings (SSSR count). The van der Waals surface area contributed by atoms with Crippen LogP contribution in [0.2, 0.25) is 0 Å². The summed E-state index contributed by atoms with van der Waals surface area (Å²) in [4.78, 5) is 11.1. The van der Waals surface area contributed by atoms with E-state index in [1.165, 1.54) is 18.2 Å². The molecule has 1 N–H and O–H groups in total. The fourth-order valence-corrected chi connectivity index (χ4v) is 3.97. The molecule has 0 aromatic heterocycles. The molecule has 1 aromatic rings. The van der Waals surface area contributed by atoms with Gasteiger partial charge >= 0.3 is 5.97 Å². The molecular weight excluding hydrogens is 298 g/mol. The molecule has 0 fully saturated rings. The maximum Gasteiger partial charge on any atom is 0.326 e. The molecule has 2 heterocycles. The Bertz CT molecular complexity index is 711. The number of hydrogen-bond donors (Lipinski definition) is 1. The van der Waals surface area contributed by atoms with Gasteiger partial charge in [-0.25, -0.2) is 8.42 Å². The molecule has 1 aromatic carbocycles. The summed E-state index contributed by atoms with van der Waals surface area (Å²) in [7, 11) is -3.99. The molecule has 8 heteroatoms. The molecule has 7 nitrogen and oxygen atoms in total. The topological polar surface area (TPSA) is 93.1 Å². The summed E-state index contributed by atoms with van der Waals surface area (Å²) in [5.41, 5.74) is 0. The molecule has 2 aliphatic rings. The van der Waals surface area contributed by atoms with Gasteiger partial charge in [-0.15, -0.1) is 0 Å². The largest absolute Gasteiger partial charge is 0.486 e. The van der Waals surface area contributed by atoms with Crippen molar-refractivity contribution >= 4 is 16.0 Å². The highest BCUT2D eigenvalue weighted by Gasteiger charge is 2.39. The van der Waals surface area contributed by atoms with Crippen molar-refractivity contribution in [2.75, 3.05) is 19.8 Å². The van der Waals surface area contributed by atoms with Gasteiger partial charge in [-0.2, -0.15) is 4.31 Å². The molecule has 112 valence electrons. The summed E-state index contributed by atoms with van der Waals surface area (Å²) in [5.74, 6) is -0.726. The van der Waals surface area contributed by atoms with Crippen LogP contribution in [0.5, 0.6) is 11.5 Å². The minimum absolute atomic E-state index is 0.0177. The number of carboxylic acid groups (broad SMARTS) is 1. The third-order valence-electron chi connectivity index (χ3n) is 3.28. The van der Waals surface area contributed by atoms with E-state index >= 15 is 0 Å². The van der Waals surface area contributed by atoms with Gasteiger partial charge in [0.1, 0.15) is 24.2 Å². The van der Waals surface area contributed by atoms with Crippen molar-refractivity contribution in [3.8, 4) is 11.5 Å². The van der Waals surface area contributed by atoms with E-state index in [4.69, 9.17) is 14.6 Å². The van der Waals surface area contributed by atoms with Crippen molar-refractivity contribution < 1.29 is 27.8 Å². The second-order valence-corrected chi connectivity index (χ2v) is 6.43. The van der Waals surface area contributed by atoms with Gasteiger partial charge in [-0.1, -0.05) is 18.2 Å². The molecule has 2 aliphatic heterocycles. The zero-order valence-electron chi connectivity index (χ0n) is 10.9. The minimum Gasteiger partial charge on any atom is -0.486 e. The zero-order chi connectivity index (χ0) is 15.0. The van der Waals surface area contributed by atoms with Crippen LogP contribution >= 0.6 is 0 Å². The lowest BCUT2D eigenvalue weighted by Gasteiger charge is -2.25. The minimum atomic E-state index is -3.99. The zero-order valence-corrected chi connectivity index (χ0v) is 11.7. The number of hydrogen-bond acceptors (Lipinski definition) is 5. The first kappa shape index (κ1) is 13.9. The number of nitrogens with zero attached hydrogens (tertiary/aromatic N) is 1. The van der Waals surface area contributed by atoms with Crippen LogP contribution in [-0.4, -0.2) is 49.6 Å². The van der Waals surface area contributed by atoms with E-state index in [0.29, 0.717) is 12.4 Å². The lowest BCUT2D eigenvalue weighted by molar-refractivity contribution is -0.139. The smallest absolute Gasteiger partial charge is 0.326 e. The second-order valence-electron chi connectivity index (χ2n) is 4.57. The predicted octanol–water partition coefficient (Wildman–Crippen LogP) is 0.472. The SMILES string of the molecule is O=C(O)C1C=CCN1S(=O)(=O)c1cccc2c1OCCO2. The molecule has 0 aliphatic carbocycles. The molecular formula is C13H13NO6S. The third kappa shape index (κ3) is 2.26. The van der Waals surface area contributed by atoms with Crippen LogP contribution in [0.25, 0.3) is 0 Å². The van der Waals surface area contributed by atoms with Gasteiger partial charge in [0.15, 0.2) is 11.5 Å². The summed E-state index contributed by atoms with van der Waals surface area (Å²) in [5, 5.41) is 9.12. The van der Waals surface area contributed by atoms with Gasteiger partial charge in [0.2, 0.25) is 10.0 Å². The maximum atomic E-state index is 12.7. The second kappa shape index (κ2) is 5.05. The van der Waals surface area contributed by atoms with E-state index in [0.717, 1.165) is 4.31 Å². The molecule has 1 atom stereocenters. The Morgan fingerprint density at radius 2 is 2.05 bits per heavy atom.